The van der Waals surface area contributed by atoms with Crippen LogP contribution in [-0.2, 0) is 4.79 Å². The second-order valence-corrected chi connectivity index (χ2v) is 6.73. The summed E-state index contributed by atoms with van der Waals surface area (Å²) in [5, 5.41) is 11.8. The van der Waals surface area contributed by atoms with Crippen LogP contribution in [0.5, 0.6) is 0 Å². The van der Waals surface area contributed by atoms with Crippen LogP contribution in [0.15, 0.2) is 24.3 Å². The van der Waals surface area contributed by atoms with Gasteiger partial charge in [-0.2, -0.15) is 11.8 Å². The van der Waals surface area contributed by atoms with Gasteiger partial charge in [0.05, 0.1) is 0 Å². The second-order valence-electron chi connectivity index (χ2n) is 5.74. The minimum Gasteiger partial charge on any atom is -0.480 e. The molecule has 1 heterocycles. The van der Waals surface area contributed by atoms with E-state index in [1.54, 1.807) is 23.9 Å². The molecule has 1 aliphatic rings. The van der Waals surface area contributed by atoms with E-state index in [4.69, 9.17) is 0 Å². The number of nitrogens with zero attached hydrogens (tertiary/aromatic N) is 1. The van der Waals surface area contributed by atoms with Crippen LogP contribution in [-0.4, -0.2) is 48.1 Å². The van der Waals surface area contributed by atoms with Crippen LogP contribution >= 0.6 is 11.8 Å². The number of carbonyl (C=O) groups excluding carboxylic acids is 1. The fraction of sp³-hybridized carbons (Fsp3) is 0.529. The number of piperidine rings is 1. The van der Waals surface area contributed by atoms with E-state index in [1.807, 2.05) is 18.4 Å². The Labute approximate surface area is 141 Å². The number of amides is 1. The first-order valence-corrected chi connectivity index (χ1v) is 9.39. The first-order valence-electron chi connectivity index (χ1n) is 7.99. The monoisotopic (exact) mass is 336 g/mol. The van der Waals surface area contributed by atoms with Gasteiger partial charge in [-0.25, -0.2) is 4.79 Å². The predicted octanol–water partition coefficient (Wildman–Crippen LogP) is 2.61. The third-order valence-electron chi connectivity index (χ3n) is 4.06. The summed E-state index contributed by atoms with van der Waals surface area (Å²) in [5.74, 6) is -0.619. The highest BCUT2D eigenvalue weighted by Crippen LogP contribution is 2.20. The number of carboxylic acid groups (broad SMARTS) is 1. The number of benzene rings is 1. The summed E-state index contributed by atoms with van der Waals surface area (Å²) in [6.45, 7) is 2.11. The van der Waals surface area contributed by atoms with E-state index in [0.717, 1.165) is 18.8 Å². The zero-order valence-corrected chi connectivity index (χ0v) is 14.3. The van der Waals surface area contributed by atoms with Gasteiger partial charge in [0.15, 0.2) is 0 Å². The number of nitrogens with one attached hydrogen (secondary N) is 1. The number of carboxylic acids is 1. The van der Waals surface area contributed by atoms with Crippen LogP contribution in [0.1, 0.15) is 36.0 Å². The van der Waals surface area contributed by atoms with Crippen molar-refractivity contribution in [3.8, 4) is 0 Å². The number of aliphatic carboxylic acids is 1. The lowest BCUT2D eigenvalue weighted by Gasteiger charge is -2.28. The molecule has 1 amide bonds. The summed E-state index contributed by atoms with van der Waals surface area (Å²) in [4.78, 5) is 25.7. The Morgan fingerprint density at radius 3 is 2.43 bits per heavy atom. The van der Waals surface area contributed by atoms with Gasteiger partial charge in [-0.1, -0.05) is 0 Å². The number of hydrogen-bond donors (Lipinski definition) is 2. The second kappa shape index (κ2) is 8.82. The Hall–Kier alpha value is -1.69. The number of rotatable bonds is 7. The minimum absolute atomic E-state index is 0.330. The van der Waals surface area contributed by atoms with Crippen molar-refractivity contribution in [2.24, 2.45) is 0 Å². The first kappa shape index (κ1) is 17.7. The summed E-state index contributed by atoms with van der Waals surface area (Å²) in [6, 6.07) is 6.59. The summed E-state index contributed by atoms with van der Waals surface area (Å²) in [5.41, 5.74) is 1.62. The van der Waals surface area contributed by atoms with Crippen LogP contribution in [0, 0.1) is 0 Å². The van der Waals surface area contributed by atoms with E-state index < -0.39 is 12.0 Å². The van der Waals surface area contributed by atoms with Gasteiger partial charge in [-0.15, -0.1) is 0 Å². The van der Waals surface area contributed by atoms with Crippen molar-refractivity contribution in [1.29, 1.82) is 0 Å². The molecule has 1 aromatic carbocycles. The summed E-state index contributed by atoms with van der Waals surface area (Å²) >= 11 is 1.57. The number of anilines is 1. The zero-order chi connectivity index (χ0) is 16.7. The lowest BCUT2D eigenvalue weighted by atomic mass is 10.1. The highest BCUT2D eigenvalue weighted by atomic mass is 32.2. The molecule has 1 aliphatic heterocycles. The van der Waals surface area contributed by atoms with Crippen molar-refractivity contribution in [2.45, 2.75) is 31.7 Å². The van der Waals surface area contributed by atoms with Crippen molar-refractivity contribution in [2.75, 3.05) is 30.0 Å². The van der Waals surface area contributed by atoms with Gasteiger partial charge < -0.3 is 15.3 Å². The molecule has 126 valence electrons. The highest BCUT2D eigenvalue weighted by molar-refractivity contribution is 7.98. The Morgan fingerprint density at radius 1 is 1.22 bits per heavy atom. The number of hydrogen-bond acceptors (Lipinski definition) is 4. The molecule has 0 aliphatic carbocycles. The van der Waals surface area contributed by atoms with Crippen molar-refractivity contribution < 1.29 is 14.7 Å². The topological polar surface area (TPSA) is 69.6 Å². The molecule has 1 aromatic rings. The first-order chi connectivity index (χ1) is 11.1. The standard InChI is InChI=1S/C17H24N2O3S/c1-23-12-9-15(17(21)22)18-16(20)13-5-7-14(8-6-13)19-10-3-2-4-11-19/h5-8,15H,2-4,9-12H2,1H3,(H,18,20)(H,21,22). The molecule has 1 atom stereocenters. The molecule has 1 saturated heterocycles. The largest absolute Gasteiger partial charge is 0.480 e. The van der Waals surface area contributed by atoms with Crippen LogP contribution < -0.4 is 10.2 Å². The quantitative estimate of drug-likeness (QED) is 0.801. The van der Waals surface area contributed by atoms with Crippen molar-refractivity contribution in [3.05, 3.63) is 29.8 Å². The fourth-order valence-electron chi connectivity index (χ4n) is 2.71. The van der Waals surface area contributed by atoms with Crippen LogP contribution in [0.25, 0.3) is 0 Å². The van der Waals surface area contributed by atoms with Crippen LogP contribution in [0.3, 0.4) is 0 Å². The molecular formula is C17H24N2O3S. The molecule has 2 N–H and O–H groups in total. The molecule has 1 unspecified atom stereocenters. The van der Waals surface area contributed by atoms with Gasteiger partial charge >= 0.3 is 5.97 Å². The van der Waals surface area contributed by atoms with E-state index in [-0.39, 0.29) is 5.91 Å². The van der Waals surface area contributed by atoms with E-state index in [2.05, 4.69) is 10.2 Å². The maximum absolute atomic E-state index is 12.2. The molecule has 0 spiro atoms. The third-order valence-corrected chi connectivity index (χ3v) is 4.71. The SMILES string of the molecule is CSCCC(NC(=O)c1ccc(N2CCCCC2)cc1)C(=O)O. The Kier molecular flexibility index (Phi) is 6.77. The van der Waals surface area contributed by atoms with Crippen molar-refractivity contribution in [1.82, 2.24) is 5.32 Å². The molecular weight excluding hydrogens is 312 g/mol. The maximum atomic E-state index is 12.2. The van der Waals surface area contributed by atoms with Gasteiger partial charge in [0.1, 0.15) is 6.04 Å². The van der Waals surface area contributed by atoms with E-state index in [0.29, 0.717) is 17.7 Å². The molecule has 0 radical (unpaired) electrons. The molecule has 6 heteroatoms. The summed E-state index contributed by atoms with van der Waals surface area (Å²) in [6.07, 6.45) is 6.04. The summed E-state index contributed by atoms with van der Waals surface area (Å²) < 4.78 is 0. The molecule has 0 aromatic heterocycles. The van der Waals surface area contributed by atoms with E-state index in [1.165, 1.54) is 19.3 Å². The van der Waals surface area contributed by atoms with Gasteiger partial charge in [0, 0.05) is 24.3 Å². The molecule has 0 bridgehead atoms. The average Bonchev–Trinajstić information content (AvgIpc) is 2.59. The smallest absolute Gasteiger partial charge is 0.326 e. The van der Waals surface area contributed by atoms with Gasteiger partial charge in [0.2, 0.25) is 0 Å². The molecule has 23 heavy (non-hydrogen) atoms. The van der Waals surface area contributed by atoms with Crippen molar-refractivity contribution >= 4 is 29.3 Å². The van der Waals surface area contributed by atoms with Crippen LogP contribution in [0.4, 0.5) is 5.69 Å². The van der Waals surface area contributed by atoms with Gasteiger partial charge in [-0.3, -0.25) is 4.79 Å². The summed E-state index contributed by atoms with van der Waals surface area (Å²) in [7, 11) is 0. The fourth-order valence-corrected chi connectivity index (χ4v) is 3.18. The zero-order valence-electron chi connectivity index (χ0n) is 13.5. The molecule has 2 rings (SSSR count). The van der Waals surface area contributed by atoms with E-state index in [9.17, 15) is 14.7 Å². The molecule has 0 saturated carbocycles. The predicted molar refractivity (Wildman–Crippen MR) is 94.4 cm³/mol. The lowest BCUT2D eigenvalue weighted by Crippen LogP contribution is -2.41. The molecule has 1 fully saturated rings. The minimum atomic E-state index is -0.989. The highest BCUT2D eigenvalue weighted by Gasteiger charge is 2.20. The lowest BCUT2D eigenvalue weighted by molar-refractivity contribution is -0.139. The number of carbonyl (C=O) groups is 2. The normalized spacial score (nSPS) is 16.0. The Balaban J connectivity index is 1.97. The van der Waals surface area contributed by atoms with Gasteiger partial charge in [-0.05, 0) is 62.0 Å². The Bertz CT molecular complexity index is 527. The molecule has 5 nitrogen and oxygen atoms in total. The maximum Gasteiger partial charge on any atom is 0.326 e. The van der Waals surface area contributed by atoms with Crippen molar-refractivity contribution in [3.63, 3.8) is 0 Å². The average molecular weight is 336 g/mol. The van der Waals surface area contributed by atoms with E-state index >= 15 is 0 Å². The number of thioether (sulfide) groups is 1. The third kappa shape index (κ3) is 5.16. The van der Waals surface area contributed by atoms with Crippen LogP contribution in [0.2, 0.25) is 0 Å². The van der Waals surface area contributed by atoms with Gasteiger partial charge in [0.25, 0.3) is 5.91 Å². The Morgan fingerprint density at radius 2 is 1.87 bits per heavy atom.